The highest BCUT2D eigenvalue weighted by Gasteiger charge is 2.28. The molecule has 1 N–H and O–H groups in total. The second kappa shape index (κ2) is 9.45. The number of likely N-dealkylation sites (N-methyl/N-ethyl adjacent to an activating group) is 1. The number of fused-ring (bicyclic) bond motifs is 2. The summed E-state index contributed by atoms with van der Waals surface area (Å²) in [6.07, 6.45) is -0.275. The molecule has 0 fully saturated rings. The van der Waals surface area contributed by atoms with E-state index in [0.717, 1.165) is 41.7 Å². The van der Waals surface area contributed by atoms with Gasteiger partial charge in [0.05, 0.1) is 26.8 Å². The third-order valence-corrected chi connectivity index (χ3v) is 6.46. The molecule has 1 aromatic heterocycles. The molecule has 0 saturated heterocycles. The molecule has 2 heterocycles. The van der Waals surface area contributed by atoms with E-state index in [1.807, 2.05) is 24.3 Å². The smallest absolute Gasteiger partial charge is 0.339 e. The molecule has 166 valence electrons. The van der Waals surface area contributed by atoms with Crippen LogP contribution >= 0.6 is 23.2 Å². The van der Waals surface area contributed by atoms with E-state index in [1.165, 1.54) is 6.92 Å². The van der Waals surface area contributed by atoms with Crippen LogP contribution in [0.1, 0.15) is 35.5 Å². The minimum atomic E-state index is -1.04. The van der Waals surface area contributed by atoms with Crippen molar-refractivity contribution >= 4 is 51.7 Å². The van der Waals surface area contributed by atoms with E-state index in [4.69, 9.17) is 32.9 Å². The standard InChI is InChI=1S/C24H23Cl2N3O3/c1-3-29-12-11-19-16(13-29)21(15-7-4-5-9-18(15)27-19)24(31)32-14(2)23(30)28-20-10-6-8-17(25)22(20)26/h4-10,14H,3,11-13H2,1-2H3,(H,28,30). The first-order chi connectivity index (χ1) is 15.4. The van der Waals surface area contributed by atoms with E-state index in [0.29, 0.717) is 22.8 Å². The average molecular weight is 472 g/mol. The van der Waals surface area contributed by atoms with Crippen LogP contribution in [0, 0.1) is 0 Å². The van der Waals surface area contributed by atoms with Crippen LogP contribution < -0.4 is 5.32 Å². The number of nitrogens with one attached hydrogen (secondary N) is 1. The van der Waals surface area contributed by atoms with Gasteiger partial charge in [0.1, 0.15) is 0 Å². The highest BCUT2D eigenvalue weighted by molar-refractivity contribution is 6.44. The Balaban J connectivity index is 1.62. The summed E-state index contributed by atoms with van der Waals surface area (Å²) >= 11 is 12.2. The Labute approximate surface area is 196 Å². The quantitative estimate of drug-likeness (QED) is 0.523. The van der Waals surface area contributed by atoms with Gasteiger partial charge in [-0.05, 0) is 31.7 Å². The molecule has 0 bridgehead atoms. The summed E-state index contributed by atoms with van der Waals surface area (Å²) in [7, 11) is 0. The number of nitrogens with zero attached hydrogens (tertiary/aromatic N) is 2. The molecule has 1 atom stereocenters. The van der Waals surface area contributed by atoms with Crippen molar-refractivity contribution < 1.29 is 14.3 Å². The van der Waals surface area contributed by atoms with Crippen LogP contribution in [-0.4, -0.2) is 41.0 Å². The number of rotatable bonds is 5. The SMILES string of the molecule is CCN1CCc2nc3ccccc3c(C(=O)OC(C)C(=O)Nc3cccc(Cl)c3Cl)c2C1. The molecular formula is C24H23Cl2N3O3. The zero-order chi connectivity index (χ0) is 22.8. The van der Waals surface area contributed by atoms with E-state index in [2.05, 4.69) is 17.1 Å². The summed E-state index contributed by atoms with van der Waals surface area (Å²) in [5.41, 5.74) is 3.35. The van der Waals surface area contributed by atoms with E-state index in [9.17, 15) is 9.59 Å². The number of pyridine rings is 1. The van der Waals surface area contributed by atoms with Crippen LogP contribution in [0.3, 0.4) is 0 Å². The van der Waals surface area contributed by atoms with Crippen molar-refractivity contribution in [1.82, 2.24) is 9.88 Å². The lowest BCUT2D eigenvalue weighted by Gasteiger charge is -2.29. The summed E-state index contributed by atoms with van der Waals surface area (Å²) in [6, 6.07) is 12.4. The van der Waals surface area contributed by atoms with Gasteiger partial charge in [-0.3, -0.25) is 14.7 Å². The largest absolute Gasteiger partial charge is 0.449 e. The van der Waals surface area contributed by atoms with Crippen LogP contribution in [0.5, 0.6) is 0 Å². The molecule has 1 unspecified atom stereocenters. The van der Waals surface area contributed by atoms with E-state index < -0.39 is 18.0 Å². The fourth-order valence-corrected chi connectivity index (χ4v) is 4.20. The molecule has 8 heteroatoms. The zero-order valence-corrected chi connectivity index (χ0v) is 19.3. The monoisotopic (exact) mass is 471 g/mol. The van der Waals surface area contributed by atoms with Gasteiger partial charge in [0.25, 0.3) is 5.91 Å². The van der Waals surface area contributed by atoms with Crippen molar-refractivity contribution in [2.75, 3.05) is 18.4 Å². The third-order valence-electron chi connectivity index (χ3n) is 5.64. The van der Waals surface area contributed by atoms with Crippen LogP contribution in [0.2, 0.25) is 10.0 Å². The van der Waals surface area contributed by atoms with Gasteiger partial charge in [0, 0.05) is 36.2 Å². The Morgan fingerprint density at radius 1 is 1.19 bits per heavy atom. The van der Waals surface area contributed by atoms with Gasteiger partial charge < -0.3 is 10.1 Å². The van der Waals surface area contributed by atoms with Crippen LogP contribution in [0.4, 0.5) is 5.69 Å². The molecular weight excluding hydrogens is 449 g/mol. The minimum Gasteiger partial charge on any atom is -0.449 e. The Morgan fingerprint density at radius 3 is 2.75 bits per heavy atom. The number of para-hydroxylation sites is 1. The highest BCUT2D eigenvalue weighted by atomic mass is 35.5. The van der Waals surface area contributed by atoms with Crippen LogP contribution in [0.25, 0.3) is 10.9 Å². The second-order valence-corrected chi connectivity index (χ2v) is 8.47. The summed E-state index contributed by atoms with van der Waals surface area (Å²) < 4.78 is 5.61. The minimum absolute atomic E-state index is 0.231. The molecule has 0 aliphatic carbocycles. The molecule has 1 amide bonds. The fraction of sp³-hybridized carbons (Fsp3) is 0.292. The summed E-state index contributed by atoms with van der Waals surface area (Å²) in [5.74, 6) is -1.04. The molecule has 3 aromatic rings. The van der Waals surface area contributed by atoms with Gasteiger partial charge in [-0.15, -0.1) is 0 Å². The van der Waals surface area contributed by atoms with Gasteiger partial charge in [-0.1, -0.05) is 54.4 Å². The number of hydrogen-bond donors (Lipinski definition) is 1. The molecule has 0 saturated carbocycles. The van der Waals surface area contributed by atoms with E-state index in [-0.39, 0.29) is 5.02 Å². The third kappa shape index (κ3) is 4.44. The van der Waals surface area contributed by atoms with Crippen molar-refractivity contribution in [2.24, 2.45) is 0 Å². The van der Waals surface area contributed by atoms with Crippen molar-refractivity contribution in [1.29, 1.82) is 0 Å². The van der Waals surface area contributed by atoms with Crippen LogP contribution in [0.15, 0.2) is 42.5 Å². The lowest BCUT2D eigenvalue weighted by molar-refractivity contribution is -0.123. The summed E-state index contributed by atoms with van der Waals surface area (Å²) in [4.78, 5) is 33.0. The van der Waals surface area contributed by atoms with Gasteiger partial charge in [0.15, 0.2) is 6.10 Å². The van der Waals surface area contributed by atoms with Gasteiger partial charge >= 0.3 is 5.97 Å². The van der Waals surface area contributed by atoms with Gasteiger partial charge in [-0.2, -0.15) is 0 Å². The highest BCUT2D eigenvalue weighted by Crippen LogP contribution is 2.31. The number of hydrogen-bond acceptors (Lipinski definition) is 5. The Bertz CT molecular complexity index is 1200. The van der Waals surface area contributed by atoms with Crippen molar-refractivity contribution in [2.45, 2.75) is 32.9 Å². The van der Waals surface area contributed by atoms with Gasteiger partial charge in [0.2, 0.25) is 0 Å². The fourth-order valence-electron chi connectivity index (χ4n) is 3.86. The molecule has 1 aliphatic rings. The van der Waals surface area contributed by atoms with Gasteiger partial charge in [-0.25, -0.2) is 4.79 Å². The Hall–Kier alpha value is -2.67. The number of carbonyl (C=O) groups is 2. The number of aromatic nitrogens is 1. The van der Waals surface area contributed by atoms with Crippen molar-refractivity contribution in [3.8, 4) is 0 Å². The first-order valence-corrected chi connectivity index (χ1v) is 11.2. The maximum atomic E-state index is 13.3. The molecule has 4 rings (SSSR count). The molecule has 6 nitrogen and oxygen atoms in total. The van der Waals surface area contributed by atoms with Crippen LogP contribution in [-0.2, 0) is 22.5 Å². The average Bonchev–Trinajstić information content (AvgIpc) is 2.79. The number of benzene rings is 2. The molecule has 0 radical (unpaired) electrons. The lowest BCUT2D eigenvalue weighted by Crippen LogP contribution is -2.34. The Morgan fingerprint density at radius 2 is 1.97 bits per heavy atom. The number of anilines is 1. The maximum Gasteiger partial charge on any atom is 0.339 e. The number of esters is 1. The normalized spacial score (nSPS) is 14.6. The number of carbonyl (C=O) groups excluding carboxylic acids is 2. The van der Waals surface area contributed by atoms with E-state index >= 15 is 0 Å². The molecule has 32 heavy (non-hydrogen) atoms. The first-order valence-electron chi connectivity index (χ1n) is 10.5. The molecule has 1 aliphatic heterocycles. The summed E-state index contributed by atoms with van der Waals surface area (Å²) in [6.45, 7) is 6.00. The Kier molecular flexibility index (Phi) is 6.65. The number of ether oxygens (including phenoxy) is 1. The predicted molar refractivity (Wildman–Crippen MR) is 126 cm³/mol. The zero-order valence-electron chi connectivity index (χ0n) is 17.8. The molecule has 2 aromatic carbocycles. The number of halogens is 2. The summed E-state index contributed by atoms with van der Waals surface area (Å²) in [5, 5.41) is 3.95. The predicted octanol–water partition coefficient (Wildman–Crippen LogP) is 5.10. The first kappa shape index (κ1) is 22.5. The topological polar surface area (TPSA) is 71.5 Å². The van der Waals surface area contributed by atoms with E-state index in [1.54, 1.807) is 18.2 Å². The van der Waals surface area contributed by atoms with Crippen molar-refractivity contribution in [3.05, 3.63) is 69.3 Å². The second-order valence-electron chi connectivity index (χ2n) is 7.69. The lowest BCUT2D eigenvalue weighted by atomic mass is 9.95. The maximum absolute atomic E-state index is 13.3. The molecule has 0 spiro atoms. The van der Waals surface area contributed by atoms with Crippen molar-refractivity contribution in [3.63, 3.8) is 0 Å². The number of amides is 1.